The zero-order valence-electron chi connectivity index (χ0n) is 6.02. The number of nitrogens with two attached hydrogens (primary N) is 1. The molecule has 0 saturated heterocycles. The summed E-state index contributed by atoms with van der Waals surface area (Å²) >= 11 is 0. The van der Waals surface area contributed by atoms with Crippen molar-refractivity contribution in [2.45, 2.75) is 0 Å². The van der Waals surface area contributed by atoms with Crippen LogP contribution < -0.4 is 10.5 Å². The van der Waals surface area contributed by atoms with E-state index in [4.69, 9.17) is 15.9 Å². The summed E-state index contributed by atoms with van der Waals surface area (Å²) in [5.74, 6) is -0.405. The number of carbonyl (C=O) groups is 1. The standard InChI is InChI=1S/C7H7NO4/c8-7(11)12-6-2-4(9)1-5(10)3-6/h1-3,9-10H,(H2,8,11). The number of amides is 1. The number of phenolic OH excluding ortho intramolecular Hbond substituents is 2. The quantitative estimate of drug-likeness (QED) is 0.572. The Morgan fingerprint density at radius 1 is 1.25 bits per heavy atom. The lowest BCUT2D eigenvalue weighted by Gasteiger charge is -2.01. The van der Waals surface area contributed by atoms with Crippen molar-refractivity contribution in [3.63, 3.8) is 0 Å². The first-order valence-electron chi connectivity index (χ1n) is 3.08. The maximum atomic E-state index is 10.2. The third kappa shape index (κ3) is 2.05. The minimum Gasteiger partial charge on any atom is -0.508 e. The summed E-state index contributed by atoms with van der Waals surface area (Å²) in [6.45, 7) is 0. The highest BCUT2D eigenvalue weighted by atomic mass is 16.5. The summed E-state index contributed by atoms with van der Waals surface area (Å²) in [6.07, 6.45) is -1.000. The van der Waals surface area contributed by atoms with E-state index in [1.54, 1.807) is 0 Å². The Balaban J connectivity index is 2.93. The zero-order valence-corrected chi connectivity index (χ0v) is 6.02. The zero-order chi connectivity index (χ0) is 9.14. The highest BCUT2D eigenvalue weighted by Gasteiger charge is 2.02. The van der Waals surface area contributed by atoms with Crippen LogP contribution in [0.25, 0.3) is 0 Å². The Hall–Kier alpha value is -1.91. The molecule has 5 heteroatoms. The van der Waals surface area contributed by atoms with Gasteiger partial charge in [-0.15, -0.1) is 0 Å². The van der Waals surface area contributed by atoms with E-state index >= 15 is 0 Å². The van der Waals surface area contributed by atoms with Crippen molar-refractivity contribution in [3.8, 4) is 17.2 Å². The van der Waals surface area contributed by atoms with Gasteiger partial charge in [0.25, 0.3) is 0 Å². The molecule has 0 heterocycles. The van der Waals surface area contributed by atoms with E-state index in [0.29, 0.717) is 0 Å². The van der Waals surface area contributed by atoms with Crippen LogP contribution >= 0.6 is 0 Å². The van der Waals surface area contributed by atoms with Crippen molar-refractivity contribution < 1.29 is 19.7 Å². The van der Waals surface area contributed by atoms with Gasteiger partial charge in [0.15, 0.2) is 0 Å². The molecule has 0 bridgehead atoms. The van der Waals surface area contributed by atoms with Gasteiger partial charge in [0, 0.05) is 18.2 Å². The predicted molar refractivity (Wildman–Crippen MR) is 40.0 cm³/mol. The van der Waals surface area contributed by atoms with Crippen LogP contribution in [0.4, 0.5) is 4.79 Å². The normalized spacial score (nSPS) is 9.33. The van der Waals surface area contributed by atoms with Gasteiger partial charge in [-0.1, -0.05) is 0 Å². The lowest BCUT2D eigenvalue weighted by Crippen LogP contribution is -2.16. The van der Waals surface area contributed by atoms with Gasteiger partial charge >= 0.3 is 6.09 Å². The van der Waals surface area contributed by atoms with Gasteiger partial charge in [-0.2, -0.15) is 0 Å². The average molecular weight is 169 g/mol. The summed E-state index contributed by atoms with van der Waals surface area (Å²) < 4.78 is 4.39. The highest BCUT2D eigenvalue weighted by molar-refractivity contribution is 5.68. The molecule has 1 aromatic carbocycles. The van der Waals surface area contributed by atoms with Crippen LogP contribution in [0, 0.1) is 0 Å². The number of hydrogen-bond donors (Lipinski definition) is 3. The van der Waals surface area contributed by atoms with Crippen molar-refractivity contribution in [2.24, 2.45) is 5.73 Å². The second kappa shape index (κ2) is 3.00. The summed E-state index contributed by atoms with van der Waals surface area (Å²) in [6, 6.07) is 3.42. The van der Waals surface area contributed by atoms with Crippen molar-refractivity contribution in [1.29, 1.82) is 0 Å². The van der Waals surface area contributed by atoms with E-state index < -0.39 is 6.09 Å². The van der Waals surface area contributed by atoms with Crippen LogP contribution in [0.1, 0.15) is 0 Å². The molecule has 0 radical (unpaired) electrons. The number of hydrogen-bond acceptors (Lipinski definition) is 4. The van der Waals surface area contributed by atoms with E-state index in [1.165, 1.54) is 0 Å². The molecule has 0 aromatic heterocycles. The van der Waals surface area contributed by atoms with Crippen LogP contribution in [-0.4, -0.2) is 16.3 Å². The summed E-state index contributed by atoms with van der Waals surface area (Å²) in [7, 11) is 0. The number of rotatable bonds is 1. The molecule has 5 nitrogen and oxygen atoms in total. The Morgan fingerprint density at radius 3 is 2.17 bits per heavy atom. The second-order valence-electron chi connectivity index (χ2n) is 2.11. The van der Waals surface area contributed by atoms with Gasteiger partial charge in [0.2, 0.25) is 0 Å². The molecule has 12 heavy (non-hydrogen) atoms. The lowest BCUT2D eigenvalue weighted by molar-refractivity contribution is 0.210. The van der Waals surface area contributed by atoms with E-state index in [9.17, 15) is 4.79 Å². The second-order valence-corrected chi connectivity index (χ2v) is 2.11. The number of aromatic hydroxyl groups is 2. The fourth-order valence-corrected chi connectivity index (χ4v) is 0.743. The van der Waals surface area contributed by atoms with Crippen molar-refractivity contribution in [3.05, 3.63) is 18.2 Å². The summed E-state index contributed by atoms with van der Waals surface area (Å²) in [5.41, 5.74) is 4.70. The van der Waals surface area contributed by atoms with Gasteiger partial charge in [-0.3, -0.25) is 0 Å². The van der Waals surface area contributed by atoms with E-state index in [1.807, 2.05) is 0 Å². The van der Waals surface area contributed by atoms with Crippen molar-refractivity contribution in [2.75, 3.05) is 0 Å². The smallest absolute Gasteiger partial charge is 0.409 e. The van der Waals surface area contributed by atoms with Crippen LogP contribution in [0.2, 0.25) is 0 Å². The van der Waals surface area contributed by atoms with Crippen LogP contribution in [0.5, 0.6) is 17.2 Å². The molecule has 64 valence electrons. The monoisotopic (exact) mass is 169 g/mol. The molecule has 0 aliphatic carbocycles. The Bertz CT molecular complexity index is 290. The first-order chi connectivity index (χ1) is 5.58. The van der Waals surface area contributed by atoms with Crippen LogP contribution in [0.3, 0.4) is 0 Å². The van der Waals surface area contributed by atoms with Crippen LogP contribution in [0.15, 0.2) is 18.2 Å². The Labute approximate surface area is 68.0 Å². The lowest BCUT2D eigenvalue weighted by atomic mass is 10.3. The number of primary amides is 1. The molecular formula is C7H7NO4. The molecular weight excluding hydrogens is 162 g/mol. The topological polar surface area (TPSA) is 92.8 Å². The minimum absolute atomic E-state index is 0.000000000000000444. The number of benzene rings is 1. The molecule has 1 aromatic rings. The molecule has 0 spiro atoms. The van der Waals surface area contributed by atoms with Crippen molar-refractivity contribution >= 4 is 6.09 Å². The molecule has 4 N–H and O–H groups in total. The fourth-order valence-electron chi connectivity index (χ4n) is 0.743. The van der Waals surface area contributed by atoms with Gasteiger partial charge in [-0.25, -0.2) is 4.79 Å². The first kappa shape index (κ1) is 8.19. The third-order valence-corrected chi connectivity index (χ3v) is 1.09. The summed E-state index contributed by atoms with van der Waals surface area (Å²) in [4.78, 5) is 10.2. The highest BCUT2D eigenvalue weighted by Crippen LogP contribution is 2.25. The molecule has 0 fully saturated rings. The molecule has 0 aliphatic heterocycles. The van der Waals surface area contributed by atoms with E-state index in [2.05, 4.69) is 4.74 Å². The average Bonchev–Trinajstić information content (AvgIpc) is 1.81. The SMILES string of the molecule is NC(=O)Oc1cc(O)cc(O)c1. The minimum atomic E-state index is -1.000. The number of carbonyl (C=O) groups excluding carboxylic acids is 1. The van der Waals surface area contributed by atoms with E-state index in [-0.39, 0.29) is 17.2 Å². The number of phenols is 2. The molecule has 0 saturated carbocycles. The predicted octanol–water partition coefficient (Wildman–Crippen LogP) is 0.555. The molecule has 0 aliphatic rings. The van der Waals surface area contributed by atoms with E-state index in [0.717, 1.165) is 18.2 Å². The largest absolute Gasteiger partial charge is 0.508 e. The Morgan fingerprint density at radius 2 is 1.75 bits per heavy atom. The van der Waals surface area contributed by atoms with Gasteiger partial charge in [0.1, 0.15) is 17.2 Å². The molecule has 1 rings (SSSR count). The molecule has 0 atom stereocenters. The molecule has 0 unspecified atom stereocenters. The Kier molecular flexibility index (Phi) is 2.05. The summed E-state index contributed by atoms with van der Waals surface area (Å²) in [5, 5.41) is 17.8. The van der Waals surface area contributed by atoms with Crippen LogP contribution in [-0.2, 0) is 0 Å². The van der Waals surface area contributed by atoms with Gasteiger partial charge < -0.3 is 20.7 Å². The van der Waals surface area contributed by atoms with Gasteiger partial charge in [-0.05, 0) is 0 Å². The molecule has 1 amide bonds. The maximum absolute atomic E-state index is 10.2. The maximum Gasteiger partial charge on any atom is 0.409 e. The number of ether oxygens (including phenoxy) is 1. The third-order valence-electron chi connectivity index (χ3n) is 1.09. The van der Waals surface area contributed by atoms with Crippen molar-refractivity contribution in [1.82, 2.24) is 0 Å². The fraction of sp³-hybridized carbons (Fsp3) is 0. The first-order valence-corrected chi connectivity index (χ1v) is 3.08. The van der Waals surface area contributed by atoms with Gasteiger partial charge in [0.05, 0.1) is 0 Å².